The van der Waals surface area contributed by atoms with E-state index in [2.05, 4.69) is 20.9 Å². The number of esters is 1. The molecular formula is C19H21BrF3NO3S. The molecule has 1 aromatic carbocycles. The predicted molar refractivity (Wildman–Crippen MR) is 105 cm³/mol. The molecule has 1 fully saturated rings. The molecule has 0 radical (unpaired) electrons. The van der Waals surface area contributed by atoms with Crippen molar-refractivity contribution in [1.82, 2.24) is 0 Å². The molecule has 0 N–H and O–H groups in total. The van der Waals surface area contributed by atoms with Crippen LogP contribution in [-0.4, -0.2) is 41.8 Å². The lowest BCUT2D eigenvalue weighted by atomic mass is 9.79. The molecule has 3 rings (SSSR count). The molecule has 2 heterocycles. The highest BCUT2D eigenvalue weighted by Gasteiger charge is 2.54. The van der Waals surface area contributed by atoms with Gasteiger partial charge >= 0.3 is 5.97 Å². The summed E-state index contributed by atoms with van der Waals surface area (Å²) in [7, 11) is 0. The van der Waals surface area contributed by atoms with Crippen LogP contribution in [0.2, 0.25) is 0 Å². The number of carbonyl (C=O) groups excluding carboxylic acids is 1. The molecule has 3 atom stereocenters. The summed E-state index contributed by atoms with van der Waals surface area (Å²) in [5.41, 5.74) is -1.72. The summed E-state index contributed by atoms with van der Waals surface area (Å²) in [6.07, 6.45) is -0.803. The van der Waals surface area contributed by atoms with Crippen LogP contribution in [0.1, 0.15) is 32.8 Å². The summed E-state index contributed by atoms with van der Waals surface area (Å²) in [5.74, 6) is -1.99. The Morgan fingerprint density at radius 2 is 2.11 bits per heavy atom. The molecule has 0 saturated carbocycles. The lowest BCUT2D eigenvalue weighted by Crippen LogP contribution is -2.42. The molecule has 0 unspecified atom stereocenters. The van der Waals surface area contributed by atoms with Crippen molar-refractivity contribution in [2.45, 2.75) is 44.4 Å². The first-order valence-electron chi connectivity index (χ1n) is 8.81. The van der Waals surface area contributed by atoms with Crippen LogP contribution in [0.25, 0.3) is 0 Å². The van der Waals surface area contributed by atoms with Crippen LogP contribution in [0.4, 0.5) is 13.2 Å². The van der Waals surface area contributed by atoms with Crippen LogP contribution < -0.4 is 0 Å². The van der Waals surface area contributed by atoms with Crippen LogP contribution in [0.15, 0.2) is 21.6 Å². The Labute approximate surface area is 174 Å². The van der Waals surface area contributed by atoms with Gasteiger partial charge in [0, 0.05) is 23.3 Å². The smallest absolute Gasteiger partial charge is 0.312 e. The maximum atomic E-state index is 14.7. The maximum absolute atomic E-state index is 14.7. The summed E-state index contributed by atoms with van der Waals surface area (Å²) in [6.45, 7) is 4.52. The molecule has 9 heteroatoms. The van der Waals surface area contributed by atoms with Crippen molar-refractivity contribution >= 4 is 38.7 Å². The van der Waals surface area contributed by atoms with Gasteiger partial charge in [0.15, 0.2) is 0 Å². The second-order valence-electron chi connectivity index (χ2n) is 7.86. The van der Waals surface area contributed by atoms with Gasteiger partial charge < -0.3 is 9.47 Å². The number of carbonyl (C=O) groups is 1. The lowest BCUT2D eigenvalue weighted by Gasteiger charge is -2.36. The summed E-state index contributed by atoms with van der Waals surface area (Å²) < 4.78 is 52.9. The molecule has 4 nitrogen and oxygen atoms in total. The minimum Gasteiger partial charge on any atom is -0.460 e. The van der Waals surface area contributed by atoms with E-state index in [4.69, 9.17) is 9.47 Å². The quantitative estimate of drug-likeness (QED) is 0.460. The number of ether oxygens (including phenoxy) is 2. The zero-order valence-corrected chi connectivity index (χ0v) is 18.1. The second-order valence-corrected chi connectivity index (χ2v) is 9.81. The number of nitrogens with zero attached hydrogens (tertiary/aromatic N) is 1. The third-order valence-corrected chi connectivity index (χ3v) is 6.38. The molecule has 1 saturated heterocycles. The number of benzene rings is 1. The number of halogens is 4. The largest absolute Gasteiger partial charge is 0.460 e. The van der Waals surface area contributed by atoms with Gasteiger partial charge in [0.05, 0.1) is 28.6 Å². The number of aliphatic imine (C=N–C) groups is 1. The van der Waals surface area contributed by atoms with Gasteiger partial charge in [0.2, 0.25) is 0 Å². The molecule has 0 aliphatic carbocycles. The monoisotopic (exact) mass is 479 g/mol. The topological polar surface area (TPSA) is 47.9 Å². The normalized spacial score (nSPS) is 27.3. The average Bonchev–Trinajstić information content (AvgIpc) is 2.95. The number of hydrogen-bond acceptors (Lipinski definition) is 5. The minimum absolute atomic E-state index is 0.0420. The van der Waals surface area contributed by atoms with Gasteiger partial charge in [-0.2, -0.15) is 0 Å². The second kappa shape index (κ2) is 7.99. The Morgan fingerprint density at radius 1 is 1.39 bits per heavy atom. The molecule has 154 valence electrons. The highest BCUT2D eigenvalue weighted by atomic mass is 79.9. The fourth-order valence-electron chi connectivity index (χ4n) is 3.50. The van der Waals surface area contributed by atoms with Crippen molar-refractivity contribution in [1.29, 1.82) is 0 Å². The van der Waals surface area contributed by atoms with E-state index in [1.54, 1.807) is 20.8 Å². The molecule has 1 aromatic rings. The lowest BCUT2D eigenvalue weighted by molar-refractivity contribution is -0.153. The van der Waals surface area contributed by atoms with Crippen LogP contribution in [0, 0.1) is 17.6 Å². The standard InChI is InChI=1S/C19H21BrF3NO3S/c1-18(2,3)27-17(25)6-16-24-19(9-26-15(7-21)11(19)8-28-16)10-4-12(20)14(23)5-13(10)22/h4-5,11,15H,6-9H2,1-3H3/t11-,15-,19-/m1/s1. The predicted octanol–water partition coefficient (Wildman–Crippen LogP) is 4.78. The van der Waals surface area contributed by atoms with E-state index < -0.39 is 47.4 Å². The third-order valence-electron chi connectivity index (χ3n) is 4.68. The molecule has 0 bridgehead atoms. The maximum Gasteiger partial charge on any atom is 0.312 e. The van der Waals surface area contributed by atoms with Gasteiger partial charge in [-0.15, -0.1) is 11.8 Å². The summed E-state index contributed by atoms with van der Waals surface area (Å²) in [5, 5.41) is 0.466. The summed E-state index contributed by atoms with van der Waals surface area (Å²) in [6, 6.07) is 2.10. The Hall–Kier alpha value is -1.06. The first-order chi connectivity index (χ1) is 13.1. The fourth-order valence-corrected chi connectivity index (χ4v) is 5.15. The van der Waals surface area contributed by atoms with Crippen molar-refractivity contribution in [3.05, 3.63) is 33.8 Å². The molecule has 2 aliphatic rings. The van der Waals surface area contributed by atoms with Crippen LogP contribution in [-0.2, 0) is 19.8 Å². The molecule has 28 heavy (non-hydrogen) atoms. The highest BCUT2D eigenvalue weighted by molar-refractivity contribution is 9.10. The van der Waals surface area contributed by atoms with E-state index >= 15 is 0 Å². The van der Waals surface area contributed by atoms with Gasteiger partial charge in [0.25, 0.3) is 0 Å². The van der Waals surface area contributed by atoms with Gasteiger partial charge in [-0.25, -0.2) is 13.2 Å². The first-order valence-corrected chi connectivity index (χ1v) is 10.6. The summed E-state index contributed by atoms with van der Waals surface area (Å²) >= 11 is 4.39. The number of hydrogen-bond donors (Lipinski definition) is 0. The third kappa shape index (κ3) is 4.26. The van der Waals surface area contributed by atoms with Gasteiger partial charge in [-0.05, 0) is 42.8 Å². The zero-order chi connectivity index (χ0) is 20.7. The van der Waals surface area contributed by atoms with Gasteiger partial charge in [-0.3, -0.25) is 9.79 Å². The van der Waals surface area contributed by atoms with Gasteiger partial charge in [-0.1, -0.05) is 0 Å². The Balaban J connectivity index is 2.00. The van der Waals surface area contributed by atoms with E-state index in [0.717, 1.165) is 6.07 Å². The Bertz CT molecular complexity index is 814. The van der Waals surface area contributed by atoms with Crippen LogP contribution in [0.3, 0.4) is 0 Å². The molecule has 2 aliphatic heterocycles. The van der Waals surface area contributed by atoms with Crippen molar-refractivity contribution in [3.8, 4) is 0 Å². The van der Waals surface area contributed by atoms with Crippen molar-refractivity contribution in [2.24, 2.45) is 10.9 Å². The van der Waals surface area contributed by atoms with Crippen molar-refractivity contribution < 1.29 is 27.4 Å². The fraction of sp³-hybridized carbons (Fsp3) is 0.579. The molecule has 0 aromatic heterocycles. The highest BCUT2D eigenvalue weighted by Crippen LogP contribution is 2.49. The molecule has 0 amide bonds. The van der Waals surface area contributed by atoms with Crippen molar-refractivity contribution in [2.75, 3.05) is 19.0 Å². The Kier molecular flexibility index (Phi) is 6.18. The van der Waals surface area contributed by atoms with Crippen molar-refractivity contribution in [3.63, 3.8) is 0 Å². The number of alkyl halides is 1. The Morgan fingerprint density at radius 3 is 2.75 bits per heavy atom. The van der Waals surface area contributed by atoms with E-state index in [1.807, 2.05) is 0 Å². The van der Waals surface area contributed by atoms with Crippen LogP contribution in [0.5, 0.6) is 0 Å². The van der Waals surface area contributed by atoms with E-state index in [0.29, 0.717) is 10.8 Å². The van der Waals surface area contributed by atoms with Gasteiger partial charge in [0.1, 0.15) is 29.4 Å². The number of thioether (sulfide) groups is 1. The number of rotatable bonds is 4. The summed E-state index contributed by atoms with van der Waals surface area (Å²) in [4.78, 5) is 16.9. The minimum atomic E-state index is -1.21. The number of fused-ring (bicyclic) bond motifs is 1. The zero-order valence-electron chi connectivity index (χ0n) is 15.7. The molecule has 0 spiro atoms. The van der Waals surface area contributed by atoms with E-state index in [-0.39, 0.29) is 23.1 Å². The van der Waals surface area contributed by atoms with E-state index in [1.165, 1.54) is 17.8 Å². The van der Waals surface area contributed by atoms with Crippen LogP contribution >= 0.6 is 27.7 Å². The first kappa shape index (κ1) is 21.6. The van der Waals surface area contributed by atoms with E-state index in [9.17, 15) is 18.0 Å². The average molecular weight is 480 g/mol. The molecular weight excluding hydrogens is 459 g/mol. The SMILES string of the molecule is CC(C)(C)OC(=O)CC1=N[C@@]2(c3cc(Br)c(F)cc3F)CO[C@H](CF)[C@H]2CS1.